The van der Waals surface area contributed by atoms with Crippen LogP contribution in [-0.2, 0) is 4.79 Å². The number of hydrogen-bond acceptors (Lipinski definition) is 1. The van der Waals surface area contributed by atoms with Crippen molar-refractivity contribution in [1.29, 1.82) is 0 Å². The smallest absolute Gasteiger partial charge is 0.257 e. The SMILES string of the molecule is O=C/C=C/C(F)F. The summed E-state index contributed by atoms with van der Waals surface area (Å²) in [5, 5.41) is 0. The molecule has 0 fully saturated rings. The van der Waals surface area contributed by atoms with Crippen LogP contribution < -0.4 is 0 Å². The Morgan fingerprint density at radius 1 is 1.43 bits per heavy atom. The molecule has 0 atom stereocenters. The number of aldehydes is 1. The zero-order chi connectivity index (χ0) is 5.70. The van der Waals surface area contributed by atoms with Crippen molar-refractivity contribution in [2.45, 2.75) is 6.43 Å². The summed E-state index contributed by atoms with van der Waals surface area (Å²) in [6.45, 7) is 0. The third-order valence-electron chi connectivity index (χ3n) is 0.335. The van der Waals surface area contributed by atoms with Crippen LogP contribution in [-0.4, -0.2) is 12.7 Å². The first kappa shape index (κ1) is 6.27. The van der Waals surface area contributed by atoms with E-state index in [4.69, 9.17) is 0 Å². The van der Waals surface area contributed by atoms with E-state index in [-0.39, 0.29) is 0 Å². The number of carbonyl (C=O) groups is 1. The molecule has 0 saturated heterocycles. The van der Waals surface area contributed by atoms with Gasteiger partial charge in [-0.1, -0.05) is 0 Å². The highest BCUT2D eigenvalue weighted by Gasteiger charge is 1.89. The van der Waals surface area contributed by atoms with Crippen LogP contribution in [0, 0.1) is 0 Å². The molecule has 0 aliphatic heterocycles. The Kier molecular flexibility index (Phi) is 3.10. The molecule has 0 aromatic rings. The van der Waals surface area contributed by atoms with Gasteiger partial charge in [-0.2, -0.15) is 0 Å². The molecule has 0 N–H and O–H groups in total. The molecule has 40 valence electrons. The van der Waals surface area contributed by atoms with Crippen molar-refractivity contribution in [3.05, 3.63) is 12.2 Å². The van der Waals surface area contributed by atoms with Gasteiger partial charge in [0.15, 0.2) is 0 Å². The van der Waals surface area contributed by atoms with Crippen molar-refractivity contribution in [2.75, 3.05) is 0 Å². The van der Waals surface area contributed by atoms with Crippen molar-refractivity contribution in [1.82, 2.24) is 0 Å². The number of allylic oxidation sites excluding steroid dienone is 2. The average Bonchev–Trinajstić information content (AvgIpc) is 1.61. The highest BCUT2D eigenvalue weighted by atomic mass is 19.3. The van der Waals surface area contributed by atoms with Crippen LogP contribution in [0.15, 0.2) is 12.2 Å². The fourth-order valence-corrected chi connectivity index (χ4v) is 0.129. The summed E-state index contributed by atoms with van der Waals surface area (Å²) in [6, 6.07) is 0. The van der Waals surface area contributed by atoms with Gasteiger partial charge >= 0.3 is 0 Å². The second-order valence-corrected chi connectivity index (χ2v) is 0.855. The lowest BCUT2D eigenvalue weighted by atomic mass is 10.5. The third-order valence-corrected chi connectivity index (χ3v) is 0.335. The highest BCUT2D eigenvalue weighted by Crippen LogP contribution is 1.90. The molecular weight excluding hydrogens is 102 g/mol. The first-order chi connectivity index (χ1) is 3.27. The number of halogens is 2. The number of rotatable bonds is 2. The molecule has 1 nitrogen and oxygen atoms in total. The van der Waals surface area contributed by atoms with Gasteiger partial charge in [0.1, 0.15) is 6.29 Å². The lowest BCUT2D eigenvalue weighted by Crippen LogP contribution is -1.78. The summed E-state index contributed by atoms with van der Waals surface area (Å²) in [6.07, 6.45) is -0.908. The van der Waals surface area contributed by atoms with E-state index in [9.17, 15) is 13.6 Å². The van der Waals surface area contributed by atoms with Gasteiger partial charge in [0.25, 0.3) is 6.43 Å². The summed E-state index contributed by atoms with van der Waals surface area (Å²) in [5.74, 6) is 0. The minimum absolute atomic E-state index is 0.312. The van der Waals surface area contributed by atoms with Crippen LogP contribution in [0.3, 0.4) is 0 Å². The molecular formula is C4H4F2O. The molecule has 3 heteroatoms. The van der Waals surface area contributed by atoms with Gasteiger partial charge in [0.2, 0.25) is 0 Å². The van der Waals surface area contributed by atoms with E-state index in [1.54, 1.807) is 0 Å². The van der Waals surface area contributed by atoms with Crippen LogP contribution >= 0.6 is 0 Å². The highest BCUT2D eigenvalue weighted by molar-refractivity contribution is 5.64. The fraction of sp³-hybridized carbons (Fsp3) is 0.250. The average molecular weight is 106 g/mol. The Balaban J connectivity index is 3.25. The van der Waals surface area contributed by atoms with Crippen LogP contribution in [0.1, 0.15) is 0 Å². The topological polar surface area (TPSA) is 17.1 Å². The Morgan fingerprint density at radius 3 is 2.14 bits per heavy atom. The second kappa shape index (κ2) is 3.46. The molecule has 0 bridgehead atoms. The number of carbonyl (C=O) groups excluding carboxylic acids is 1. The molecule has 0 aromatic carbocycles. The molecule has 0 rings (SSSR count). The monoisotopic (exact) mass is 106 g/mol. The first-order valence-electron chi connectivity index (χ1n) is 1.67. The lowest BCUT2D eigenvalue weighted by Gasteiger charge is -1.78. The van der Waals surface area contributed by atoms with E-state index in [0.29, 0.717) is 12.4 Å². The predicted octanol–water partition coefficient (Wildman–Crippen LogP) is 1.01. The van der Waals surface area contributed by atoms with E-state index in [1.165, 1.54) is 0 Å². The Morgan fingerprint density at radius 2 is 2.00 bits per heavy atom. The van der Waals surface area contributed by atoms with Gasteiger partial charge in [-0.25, -0.2) is 8.78 Å². The van der Waals surface area contributed by atoms with Gasteiger partial charge in [-0.3, -0.25) is 4.79 Å². The Bertz CT molecular complexity index is 77.8. The van der Waals surface area contributed by atoms with Crippen molar-refractivity contribution < 1.29 is 13.6 Å². The molecule has 0 unspecified atom stereocenters. The number of alkyl halides is 2. The summed E-state index contributed by atoms with van der Waals surface area (Å²) < 4.78 is 22.0. The summed E-state index contributed by atoms with van der Waals surface area (Å²) in [5.41, 5.74) is 0. The molecule has 0 heterocycles. The van der Waals surface area contributed by atoms with Crippen molar-refractivity contribution >= 4 is 6.29 Å². The zero-order valence-electron chi connectivity index (χ0n) is 3.47. The van der Waals surface area contributed by atoms with Crippen molar-refractivity contribution in [3.63, 3.8) is 0 Å². The summed E-state index contributed by atoms with van der Waals surface area (Å²) in [7, 11) is 0. The summed E-state index contributed by atoms with van der Waals surface area (Å²) >= 11 is 0. The quantitative estimate of drug-likeness (QED) is 0.379. The molecule has 0 radical (unpaired) electrons. The zero-order valence-corrected chi connectivity index (χ0v) is 3.47. The first-order valence-corrected chi connectivity index (χ1v) is 1.67. The molecule has 0 aliphatic rings. The van der Waals surface area contributed by atoms with Crippen molar-refractivity contribution in [3.8, 4) is 0 Å². The van der Waals surface area contributed by atoms with E-state index in [0.717, 1.165) is 6.08 Å². The maximum Gasteiger partial charge on any atom is 0.257 e. The molecule has 0 amide bonds. The van der Waals surface area contributed by atoms with Crippen LogP contribution in [0.25, 0.3) is 0 Å². The maximum absolute atomic E-state index is 11.0. The minimum Gasteiger partial charge on any atom is -0.299 e. The van der Waals surface area contributed by atoms with Gasteiger partial charge in [-0.05, 0) is 12.2 Å². The maximum atomic E-state index is 11.0. The van der Waals surface area contributed by atoms with Crippen molar-refractivity contribution in [2.24, 2.45) is 0 Å². The molecule has 0 saturated carbocycles. The van der Waals surface area contributed by atoms with E-state index >= 15 is 0 Å². The lowest BCUT2D eigenvalue weighted by molar-refractivity contribution is -0.104. The molecule has 0 spiro atoms. The normalized spacial score (nSPS) is 10.7. The Labute approximate surface area is 39.6 Å². The van der Waals surface area contributed by atoms with Gasteiger partial charge in [0.05, 0.1) is 0 Å². The standard InChI is InChI=1S/C4H4F2O/c5-4(6)2-1-3-7/h1-4H/b2-1+. The van der Waals surface area contributed by atoms with Gasteiger partial charge in [-0.15, -0.1) is 0 Å². The third kappa shape index (κ3) is 5.27. The largest absolute Gasteiger partial charge is 0.299 e. The second-order valence-electron chi connectivity index (χ2n) is 0.855. The molecule has 0 aromatic heterocycles. The van der Waals surface area contributed by atoms with Gasteiger partial charge in [0, 0.05) is 0 Å². The Hall–Kier alpha value is -0.730. The van der Waals surface area contributed by atoms with Gasteiger partial charge < -0.3 is 0 Å². The minimum atomic E-state index is -2.51. The molecule has 7 heavy (non-hydrogen) atoms. The van der Waals surface area contributed by atoms with Crippen LogP contribution in [0.4, 0.5) is 8.78 Å². The van der Waals surface area contributed by atoms with E-state index < -0.39 is 6.43 Å². The molecule has 0 aliphatic carbocycles. The van der Waals surface area contributed by atoms with E-state index in [2.05, 4.69) is 0 Å². The predicted molar refractivity (Wildman–Crippen MR) is 21.2 cm³/mol. The fourth-order valence-electron chi connectivity index (χ4n) is 0.129. The van der Waals surface area contributed by atoms with Crippen LogP contribution in [0.5, 0.6) is 0 Å². The number of hydrogen-bond donors (Lipinski definition) is 0. The summed E-state index contributed by atoms with van der Waals surface area (Å²) in [4.78, 5) is 9.29. The van der Waals surface area contributed by atoms with Crippen LogP contribution in [0.2, 0.25) is 0 Å². The van der Waals surface area contributed by atoms with E-state index in [1.807, 2.05) is 0 Å².